The average Bonchev–Trinajstić information content (AvgIpc) is 2.70. The third kappa shape index (κ3) is 3.10. The van der Waals surface area contributed by atoms with Crippen molar-refractivity contribution in [1.29, 1.82) is 0 Å². The van der Waals surface area contributed by atoms with Gasteiger partial charge in [0.15, 0.2) is 11.5 Å². The second-order valence-electron chi connectivity index (χ2n) is 6.60. The van der Waals surface area contributed by atoms with Gasteiger partial charge in [0.25, 0.3) is 5.56 Å². The van der Waals surface area contributed by atoms with Gasteiger partial charge in [-0.05, 0) is 36.6 Å². The van der Waals surface area contributed by atoms with Crippen molar-refractivity contribution in [1.82, 2.24) is 4.57 Å². The minimum Gasteiger partial charge on any atom is -0.493 e. The van der Waals surface area contributed by atoms with Crippen molar-refractivity contribution < 1.29 is 9.47 Å². The summed E-state index contributed by atoms with van der Waals surface area (Å²) < 4.78 is 13.5. The van der Waals surface area contributed by atoms with Crippen LogP contribution in [-0.4, -0.2) is 11.7 Å². The Hall–Kier alpha value is -2.72. The molecule has 0 saturated heterocycles. The van der Waals surface area contributed by atoms with Gasteiger partial charge in [-0.3, -0.25) is 4.79 Å². The van der Waals surface area contributed by atoms with Gasteiger partial charge in [-0.1, -0.05) is 41.9 Å². The highest BCUT2D eigenvalue weighted by Gasteiger charge is 2.25. The van der Waals surface area contributed by atoms with Gasteiger partial charge in [0.05, 0.1) is 17.8 Å². The van der Waals surface area contributed by atoms with E-state index in [9.17, 15) is 4.79 Å². The number of aromatic nitrogens is 1. The van der Waals surface area contributed by atoms with E-state index in [2.05, 4.69) is 0 Å². The van der Waals surface area contributed by atoms with Crippen molar-refractivity contribution in [3.05, 3.63) is 80.6 Å². The van der Waals surface area contributed by atoms with Crippen LogP contribution < -0.4 is 15.0 Å². The van der Waals surface area contributed by atoms with E-state index in [4.69, 9.17) is 21.1 Å². The van der Waals surface area contributed by atoms with Gasteiger partial charge in [0, 0.05) is 23.7 Å². The molecule has 0 saturated carbocycles. The summed E-state index contributed by atoms with van der Waals surface area (Å²) in [6.45, 7) is 3.00. The smallest absolute Gasteiger partial charge is 0.252 e. The lowest BCUT2D eigenvalue weighted by Gasteiger charge is -2.26. The van der Waals surface area contributed by atoms with Crippen LogP contribution in [0.1, 0.15) is 16.7 Å². The van der Waals surface area contributed by atoms with Gasteiger partial charge in [0.1, 0.15) is 6.61 Å². The zero-order valence-electron chi connectivity index (χ0n) is 15.3. The molecule has 1 aromatic heterocycles. The maximum absolute atomic E-state index is 12.4. The molecule has 0 aliphatic carbocycles. The lowest BCUT2D eigenvalue weighted by molar-refractivity contribution is 0.283. The molecule has 0 unspecified atom stereocenters. The normalized spacial score (nSPS) is 12.3. The molecule has 0 amide bonds. The summed E-state index contributed by atoms with van der Waals surface area (Å²) in [4.78, 5) is 12.4. The van der Waals surface area contributed by atoms with Crippen LogP contribution in [0.5, 0.6) is 11.5 Å². The molecule has 2 aromatic carbocycles. The van der Waals surface area contributed by atoms with Crippen molar-refractivity contribution in [2.45, 2.75) is 26.5 Å². The van der Waals surface area contributed by atoms with Gasteiger partial charge in [-0.15, -0.1) is 0 Å². The molecule has 4 nitrogen and oxygen atoms in total. The number of rotatable bonds is 4. The summed E-state index contributed by atoms with van der Waals surface area (Å²) in [5, 5.41) is 0.488. The second-order valence-corrected chi connectivity index (χ2v) is 7.01. The molecule has 0 fully saturated rings. The Kier molecular flexibility index (Phi) is 4.66. The number of hydrogen-bond acceptors (Lipinski definition) is 3. The van der Waals surface area contributed by atoms with E-state index in [-0.39, 0.29) is 5.56 Å². The summed E-state index contributed by atoms with van der Waals surface area (Å²) in [7, 11) is 1.65. The molecule has 1 aliphatic rings. The lowest BCUT2D eigenvalue weighted by Crippen LogP contribution is -2.26. The Balaban J connectivity index is 1.78. The van der Waals surface area contributed by atoms with Crippen LogP contribution >= 0.6 is 11.6 Å². The molecule has 27 heavy (non-hydrogen) atoms. The first-order valence-electron chi connectivity index (χ1n) is 8.87. The number of ether oxygens (including phenoxy) is 2. The minimum absolute atomic E-state index is 0.0744. The number of benzene rings is 2. The molecule has 0 bridgehead atoms. The minimum atomic E-state index is -0.0744. The van der Waals surface area contributed by atoms with Gasteiger partial charge in [0.2, 0.25) is 0 Å². The maximum Gasteiger partial charge on any atom is 0.252 e. The van der Waals surface area contributed by atoms with Gasteiger partial charge < -0.3 is 14.0 Å². The molecular weight excluding hydrogens is 362 g/mol. The fourth-order valence-electron chi connectivity index (χ4n) is 3.66. The summed E-state index contributed by atoms with van der Waals surface area (Å²) in [6.07, 6.45) is 0.703. The monoisotopic (exact) mass is 381 g/mol. The Bertz CT molecular complexity index is 1060. The number of methoxy groups -OCH3 is 1. The van der Waals surface area contributed by atoms with Crippen LogP contribution in [0.25, 0.3) is 11.3 Å². The van der Waals surface area contributed by atoms with Crippen molar-refractivity contribution in [3.8, 4) is 22.8 Å². The molecule has 5 heteroatoms. The molecule has 1 aliphatic heterocycles. The zero-order valence-corrected chi connectivity index (χ0v) is 16.0. The van der Waals surface area contributed by atoms with Crippen LogP contribution in [0.2, 0.25) is 5.02 Å². The Labute approximate surface area is 162 Å². The van der Waals surface area contributed by atoms with E-state index in [1.807, 2.05) is 49.4 Å². The molecule has 2 heterocycles. The van der Waals surface area contributed by atoms with Crippen LogP contribution in [0.4, 0.5) is 0 Å². The fraction of sp³-hybridized carbons (Fsp3) is 0.227. The second kappa shape index (κ2) is 7.12. The molecule has 0 spiro atoms. The number of pyridine rings is 1. The highest BCUT2D eigenvalue weighted by atomic mass is 35.5. The van der Waals surface area contributed by atoms with Crippen molar-refractivity contribution in [2.75, 3.05) is 7.11 Å². The lowest BCUT2D eigenvalue weighted by atomic mass is 9.93. The van der Waals surface area contributed by atoms with E-state index in [0.29, 0.717) is 30.3 Å². The summed E-state index contributed by atoms with van der Waals surface area (Å²) >= 11 is 6.27. The van der Waals surface area contributed by atoms with Crippen LogP contribution in [0, 0.1) is 6.92 Å². The van der Waals surface area contributed by atoms with E-state index in [1.54, 1.807) is 11.7 Å². The van der Waals surface area contributed by atoms with Crippen molar-refractivity contribution in [3.63, 3.8) is 0 Å². The molecule has 4 rings (SSSR count). The number of nitrogens with zero attached hydrogens (tertiary/aromatic N) is 1. The largest absolute Gasteiger partial charge is 0.493 e. The van der Waals surface area contributed by atoms with Crippen molar-refractivity contribution >= 4 is 11.6 Å². The number of halogens is 1. The first-order chi connectivity index (χ1) is 13.1. The molecule has 0 radical (unpaired) electrons. The number of fused-ring (bicyclic) bond motifs is 3. The summed E-state index contributed by atoms with van der Waals surface area (Å²) in [5.74, 6) is 1.43. The first-order valence-corrected chi connectivity index (χ1v) is 9.25. The summed E-state index contributed by atoms with van der Waals surface area (Å²) in [6, 6.07) is 15.4. The molecule has 3 aromatic rings. The number of hydrogen-bond donors (Lipinski definition) is 0. The first kappa shape index (κ1) is 17.7. The molecular formula is C22H20ClNO3. The van der Waals surface area contributed by atoms with E-state index in [1.165, 1.54) is 6.07 Å². The van der Waals surface area contributed by atoms with E-state index in [0.717, 1.165) is 33.7 Å². The van der Waals surface area contributed by atoms with Crippen LogP contribution in [0.3, 0.4) is 0 Å². The average molecular weight is 382 g/mol. The Morgan fingerprint density at radius 3 is 2.67 bits per heavy atom. The molecule has 138 valence electrons. The SMILES string of the molecule is COc1c(OCc2ccccc2)ccc2c1CCn1c-2c(C)c(Cl)cc1=O. The third-order valence-electron chi connectivity index (χ3n) is 5.01. The molecule has 0 atom stereocenters. The zero-order chi connectivity index (χ0) is 19.0. The summed E-state index contributed by atoms with van der Waals surface area (Å²) in [5.41, 5.74) is 4.81. The van der Waals surface area contributed by atoms with Crippen molar-refractivity contribution in [2.24, 2.45) is 0 Å². The standard InChI is InChI=1S/C22H20ClNO3/c1-14-18(23)12-20(25)24-11-10-17-16(21(14)24)8-9-19(22(17)26-2)27-13-15-6-4-3-5-7-15/h3-9,12H,10-11,13H2,1-2H3. The predicted molar refractivity (Wildman–Crippen MR) is 107 cm³/mol. The highest BCUT2D eigenvalue weighted by molar-refractivity contribution is 6.31. The predicted octanol–water partition coefficient (Wildman–Crippen LogP) is 4.62. The highest BCUT2D eigenvalue weighted by Crippen LogP contribution is 2.42. The van der Waals surface area contributed by atoms with E-state index >= 15 is 0 Å². The third-order valence-corrected chi connectivity index (χ3v) is 5.40. The Morgan fingerprint density at radius 2 is 1.93 bits per heavy atom. The van der Waals surface area contributed by atoms with Crippen LogP contribution in [-0.2, 0) is 19.6 Å². The topological polar surface area (TPSA) is 40.5 Å². The maximum atomic E-state index is 12.4. The van der Waals surface area contributed by atoms with Gasteiger partial charge >= 0.3 is 0 Å². The quantitative estimate of drug-likeness (QED) is 0.662. The van der Waals surface area contributed by atoms with Crippen LogP contribution in [0.15, 0.2) is 53.3 Å². The van der Waals surface area contributed by atoms with Gasteiger partial charge in [-0.25, -0.2) is 0 Å². The molecule has 0 N–H and O–H groups in total. The Morgan fingerprint density at radius 1 is 1.15 bits per heavy atom. The van der Waals surface area contributed by atoms with Gasteiger partial charge in [-0.2, -0.15) is 0 Å². The fourth-order valence-corrected chi connectivity index (χ4v) is 3.85. The van der Waals surface area contributed by atoms with E-state index < -0.39 is 0 Å².